The van der Waals surface area contributed by atoms with Gasteiger partial charge in [0, 0.05) is 17.3 Å². The van der Waals surface area contributed by atoms with Crippen molar-refractivity contribution in [2.45, 2.75) is 25.4 Å². The van der Waals surface area contributed by atoms with E-state index in [1.165, 1.54) is 0 Å². The highest BCUT2D eigenvalue weighted by Crippen LogP contribution is 2.22. The number of carbonyl (C=O) groups is 1. The van der Waals surface area contributed by atoms with E-state index >= 15 is 0 Å². The van der Waals surface area contributed by atoms with Crippen molar-refractivity contribution >= 4 is 21.7 Å². The molecule has 0 aromatic heterocycles. The van der Waals surface area contributed by atoms with E-state index in [0.717, 1.165) is 10.0 Å². The third-order valence-corrected chi connectivity index (χ3v) is 2.47. The van der Waals surface area contributed by atoms with Crippen molar-refractivity contribution in [1.82, 2.24) is 0 Å². The fourth-order valence-electron chi connectivity index (χ4n) is 1.24. The van der Waals surface area contributed by atoms with E-state index < -0.39 is 24.8 Å². The monoisotopic (exact) mass is 294 g/mol. The van der Waals surface area contributed by atoms with Crippen LogP contribution in [-0.4, -0.2) is 12.0 Å². The molecule has 0 spiro atoms. The van der Waals surface area contributed by atoms with Crippen molar-refractivity contribution in [2.24, 2.45) is 0 Å². The van der Waals surface area contributed by atoms with Crippen LogP contribution in [-0.2, 0) is 11.2 Å². The van der Waals surface area contributed by atoms with Crippen LogP contribution in [0.25, 0.3) is 0 Å². The van der Waals surface area contributed by atoms with Gasteiger partial charge in [0.2, 0.25) is 0 Å². The zero-order valence-corrected chi connectivity index (χ0v) is 9.94. The first kappa shape index (κ1) is 13.2. The quantitative estimate of drug-likeness (QED) is 0.823. The molecule has 0 heterocycles. The molecule has 0 aliphatic carbocycles. The van der Waals surface area contributed by atoms with E-state index in [1.54, 1.807) is 24.3 Å². The molecule has 0 saturated heterocycles. The number of benzene rings is 1. The predicted octanol–water partition coefficient (Wildman–Crippen LogP) is 3.90. The number of Topliss-reactive ketones (excluding diaryl/α,β-unsaturated/α-hetero) is 1. The van der Waals surface area contributed by atoms with Gasteiger partial charge in [-0.25, -0.2) is 0 Å². The number of alkyl halides is 3. The first-order valence-corrected chi connectivity index (χ1v) is 5.49. The fourth-order valence-corrected chi connectivity index (χ4v) is 1.69. The summed E-state index contributed by atoms with van der Waals surface area (Å²) in [6, 6.07) is 6.99. The first-order valence-electron chi connectivity index (χ1n) is 4.70. The molecular weight excluding hydrogens is 285 g/mol. The third kappa shape index (κ3) is 5.30. The summed E-state index contributed by atoms with van der Waals surface area (Å²) >= 11 is 3.23. The first-order chi connectivity index (χ1) is 7.37. The lowest BCUT2D eigenvalue weighted by atomic mass is 10.1. The van der Waals surface area contributed by atoms with Crippen LogP contribution in [0, 0.1) is 0 Å². The molecule has 1 aromatic carbocycles. The standard InChI is InChI=1S/C11H10BrF3O/c12-9-3-1-2-8(6-9)7-10(16)4-5-11(13,14)15/h1-3,6H,4-5,7H2. The van der Waals surface area contributed by atoms with Gasteiger partial charge < -0.3 is 0 Å². The van der Waals surface area contributed by atoms with E-state index in [1.807, 2.05) is 0 Å². The highest BCUT2D eigenvalue weighted by atomic mass is 79.9. The van der Waals surface area contributed by atoms with Crippen molar-refractivity contribution in [3.8, 4) is 0 Å². The summed E-state index contributed by atoms with van der Waals surface area (Å²) in [5.41, 5.74) is 0.724. The van der Waals surface area contributed by atoms with Crippen LogP contribution in [0.15, 0.2) is 28.7 Å². The minimum absolute atomic E-state index is 0.0511. The van der Waals surface area contributed by atoms with Crippen LogP contribution in [0.3, 0.4) is 0 Å². The predicted molar refractivity (Wildman–Crippen MR) is 58.1 cm³/mol. The van der Waals surface area contributed by atoms with Gasteiger partial charge in [-0.05, 0) is 17.7 Å². The highest BCUT2D eigenvalue weighted by molar-refractivity contribution is 9.10. The van der Waals surface area contributed by atoms with Crippen LogP contribution < -0.4 is 0 Å². The molecule has 0 bridgehead atoms. The molecular formula is C11H10BrF3O. The number of hydrogen-bond donors (Lipinski definition) is 0. The molecule has 5 heteroatoms. The van der Waals surface area contributed by atoms with Gasteiger partial charge in [0.25, 0.3) is 0 Å². The Bertz CT molecular complexity index is 374. The molecule has 0 fully saturated rings. The molecule has 1 rings (SSSR count). The van der Waals surface area contributed by atoms with Gasteiger partial charge in [0.15, 0.2) is 0 Å². The zero-order valence-electron chi connectivity index (χ0n) is 8.35. The Morgan fingerprint density at radius 3 is 2.56 bits per heavy atom. The van der Waals surface area contributed by atoms with Gasteiger partial charge >= 0.3 is 6.18 Å². The minimum atomic E-state index is -4.26. The second kappa shape index (κ2) is 5.48. The number of carbonyl (C=O) groups excluding carboxylic acids is 1. The van der Waals surface area contributed by atoms with Gasteiger partial charge in [-0.3, -0.25) is 4.79 Å². The Hall–Kier alpha value is -0.840. The average Bonchev–Trinajstić information content (AvgIpc) is 2.14. The maximum atomic E-state index is 11.9. The fraction of sp³-hybridized carbons (Fsp3) is 0.364. The molecule has 0 atom stereocenters. The second-order valence-corrected chi connectivity index (χ2v) is 4.38. The van der Waals surface area contributed by atoms with Crippen molar-refractivity contribution in [3.63, 3.8) is 0 Å². The zero-order chi connectivity index (χ0) is 12.2. The molecule has 16 heavy (non-hydrogen) atoms. The maximum Gasteiger partial charge on any atom is 0.389 e. The molecule has 0 saturated carbocycles. The summed E-state index contributed by atoms with van der Waals surface area (Å²) in [6.45, 7) is 0. The Morgan fingerprint density at radius 1 is 1.31 bits per heavy atom. The van der Waals surface area contributed by atoms with Gasteiger partial charge in [-0.2, -0.15) is 13.2 Å². The van der Waals surface area contributed by atoms with Crippen molar-refractivity contribution < 1.29 is 18.0 Å². The van der Waals surface area contributed by atoms with Gasteiger partial charge in [-0.1, -0.05) is 28.1 Å². The molecule has 1 nitrogen and oxygen atoms in total. The van der Waals surface area contributed by atoms with Crippen molar-refractivity contribution in [2.75, 3.05) is 0 Å². The summed E-state index contributed by atoms with van der Waals surface area (Å²) in [6.07, 6.45) is -5.70. The van der Waals surface area contributed by atoms with Gasteiger partial charge in [0.05, 0.1) is 6.42 Å². The van der Waals surface area contributed by atoms with E-state index in [9.17, 15) is 18.0 Å². The van der Waals surface area contributed by atoms with E-state index in [0.29, 0.717) is 0 Å². The van der Waals surface area contributed by atoms with E-state index in [-0.39, 0.29) is 6.42 Å². The van der Waals surface area contributed by atoms with Crippen LogP contribution in [0.5, 0.6) is 0 Å². The molecule has 0 aliphatic heterocycles. The summed E-state index contributed by atoms with van der Waals surface area (Å²) in [5, 5.41) is 0. The molecule has 0 unspecified atom stereocenters. The summed E-state index contributed by atoms with van der Waals surface area (Å²) in [5.74, 6) is -0.393. The molecule has 88 valence electrons. The number of rotatable bonds is 4. The third-order valence-electron chi connectivity index (χ3n) is 1.98. The molecule has 1 aromatic rings. The number of hydrogen-bond acceptors (Lipinski definition) is 1. The van der Waals surface area contributed by atoms with Crippen molar-refractivity contribution in [3.05, 3.63) is 34.3 Å². The Balaban J connectivity index is 2.46. The SMILES string of the molecule is O=C(CCC(F)(F)F)Cc1cccc(Br)c1. The largest absolute Gasteiger partial charge is 0.389 e. The Kier molecular flexibility index (Phi) is 4.53. The normalized spacial score (nSPS) is 11.5. The lowest BCUT2D eigenvalue weighted by Crippen LogP contribution is -2.12. The molecule has 0 aliphatic rings. The topological polar surface area (TPSA) is 17.1 Å². The number of ketones is 1. The molecule has 0 N–H and O–H groups in total. The van der Waals surface area contributed by atoms with Gasteiger partial charge in [-0.15, -0.1) is 0 Å². The smallest absolute Gasteiger partial charge is 0.299 e. The molecule has 0 amide bonds. The minimum Gasteiger partial charge on any atom is -0.299 e. The summed E-state index contributed by atoms with van der Waals surface area (Å²) in [7, 11) is 0. The number of halogens is 4. The lowest BCUT2D eigenvalue weighted by Gasteiger charge is -2.05. The van der Waals surface area contributed by atoms with Crippen LogP contribution in [0.4, 0.5) is 13.2 Å². The summed E-state index contributed by atoms with van der Waals surface area (Å²) < 4.78 is 36.4. The second-order valence-electron chi connectivity index (χ2n) is 3.46. The van der Waals surface area contributed by atoms with Gasteiger partial charge in [0.1, 0.15) is 5.78 Å². The Morgan fingerprint density at radius 2 is 2.00 bits per heavy atom. The highest BCUT2D eigenvalue weighted by Gasteiger charge is 2.27. The Labute approximate surface area is 99.8 Å². The van der Waals surface area contributed by atoms with Crippen LogP contribution in [0.1, 0.15) is 18.4 Å². The molecule has 0 radical (unpaired) electrons. The van der Waals surface area contributed by atoms with Crippen molar-refractivity contribution in [1.29, 1.82) is 0 Å². The average molecular weight is 295 g/mol. The van der Waals surface area contributed by atoms with E-state index in [4.69, 9.17) is 0 Å². The van der Waals surface area contributed by atoms with Crippen LogP contribution in [0.2, 0.25) is 0 Å². The van der Waals surface area contributed by atoms with Crippen LogP contribution >= 0.6 is 15.9 Å². The summed E-state index contributed by atoms with van der Waals surface area (Å²) in [4.78, 5) is 11.3. The lowest BCUT2D eigenvalue weighted by molar-refractivity contribution is -0.143. The maximum absolute atomic E-state index is 11.9. The van der Waals surface area contributed by atoms with E-state index in [2.05, 4.69) is 15.9 Å².